The number of carbonyl (C=O) groups is 1. The van der Waals surface area contributed by atoms with Crippen molar-refractivity contribution in [1.82, 2.24) is 5.43 Å². The lowest BCUT2D eigenvalue weighted by Gasteiger charge is -2.26. The van der Waals surface area contributed by atoms with Gasteiger partial charge >= 0.3 is 6.09 Å². The molecule has 1 N–H and O–H groups in total. The lowest BCUT2D eigenvalue weighted by molar-refractivity contribution is 0.115. The first-order valence-corrected chi connectivity index (χ1v) is 8.03. The van der Waals surface area contributed by atoms with E-state index in [2.05, 4.69) is 5.43 Å². The maximum atomic E-state index is 11.9. The molecule has 0 heterocycles. The van der Waals surface area contributed by atoms with Gasteiger partial charge in [0.1, 0.15) is 5.75 Å². The van der Waals surface area contributed by atoms with Gasteiger partial charge in [-0.05, 0) is 44.0 Å². The van der Waals surface area contributed by atoms with E-state index in [1.807, 2.05) is 69.3 Å². The van der Waals surface area contributed by atoms with Gasteiger partial charge in [0.25, 0.3) is 0 Å². The third-order valence-corrected chi connectivity index (χ3v) is 3.46. The number of ether oxygens (including phenoxy) is 2. The molecule has 0 aliphatic rings. The summed E-state index contributed by atoms with van der Waals surface area (Å²) in [5.41, 5.74) is 5.68. The summed E-state index contributed by atoms with van der Waals surface area (Å²) in [7, 11) is 1.61. The van der Waals surface area contributed by atoms with Crippen LogP contribution in [0, 0.1) is 0 Å². The zero-order valence-electron chi connectivity index (χ0n) is 14.6. The van der Waals surface area contributed by atoms with Gasteiger partial charge in [-0.15, -0.1) is 0 Å². The second kappa shape index (κ2) is 8.24. The molecule has 2 aromatic carbocycles. The minimum Gasteiger partial charge on any atom is -0.495 e. The average Bonchev–Trinajstić information content (AvgIpc) is 2.59. The molecule has 1 amide bonds. The Morgan fingerprint density at radius 2 is 1.83 bits per heavy atom. The fourth-order valence-electron chi connectivity index (χ4n) is 2.37. The van der Waals surface area contributed by atoms with E-state index in [-0.39, 0.29) is 6.10 Å². The van der Waals surface area contributed by atoms with Gasteiger partial charge in [-0.3, -0.25) is 5.01 Å². The number of nitrogens with zero attached hydrogens (tertiary/aromatic N) is 1. The van der Waals surface area contributed by atoms with Crippen molar-refractivity contribution in [2.24, 2.45) is 0 Å². The van der Waals surface area contributed by atoms with Crippen LogP contribution in [0.15, 0.2) is 48.5 Å². The number of anilines is 1. The van der Waals surface area contributed by atoms with Crippen LogP contribution in [0.25, 0.3) is 11.1 Å². The van der Waals surface area contributed by atoms with Gasteiger partial charge in [-0.1, -0.05) is 36.4 Å². The van der Waals surface area contributed by atoms with E-state index in [1.165, 1.54) is 0 Å². The van der Waals surface area contributed by atoms with Gasteiger partial charge in [-0.2, -0.15) is 0 Å². The molecule has 0 aliphatic carbocycles. The summed E-state index contributed by atoms with van der Waals surface area (Å²) in [5, 5.41) is 1.72. The highest BCUT2D eigenvalue weighted by atomic mass is 16.6. The minimum atomic E-state index is -0.487. The molecule has 0 bridgehead atoms. The third kappa shape index (κ3) is 4.41. The van der Waals surface area contributed by atoms with Gasteiger partial charge in [0.2, 0.25) is 0 Å². The standard InChI is InChI=1S/C19H24N2O3/c1-5-21(20-19(22)24-14(2)3)17-13-16(11-12-18(17)23-4)15-9-7-6-8-10-15/h6-14H,5H2,1-4H3,(H,20,22). The molecule has 0 atom stereocenters. The first kappa shape index (κ1) is 17.7. The van der Waals surface area contributed by atoms with Gasteiger partial charge in [-0.25, -0.2) is 10.2 Å². The Morgan fingerprint density at radius 1 is 1.12 bits per heavy atom. The van der Waals surface area contributed by atoms with E-state index in [9.17, 15) is 4.79 Å². The van der Waals surface area contributed by atoms with Crippen molar-refractivity contribution in [2.45, 2.75) is 26.9 Å². The zero-order chi connectivity index (χ0) is 17.5. The summed E-state index contributed by atoms with van der Waals surface area (Å²) in [6.45, 7) is 6.14. The Bertz CT molecular complexity index is 672. The van der Waals surface area contributed by atoms with Crippen LogP contribution in [0.4, 0.5) is 10.5 Å². The SMILES string of the molecule is CCN(NC(=O)OC(C)C)c1cc(-c2ccccc2)ccc1OC. The first-order valence-electron chi connectivity index (χ1n) is 8.03. The van der Waals surface area contributed by atoms with E-state index in [4.69, 9.17) is 9.47 Å². The lowest BCUT2D eigenvalue weighted by Crippen LogP contribution is -2.43. The Kier molecular flexibility index (Phi) is 6.07. The van der Waals surface area contributed by atoms with Crippen molar-refractivity contribution in [1.29, 1.82) is 0 Å². The van der Waals surface area contributed by atoms with E-state index in [1.54, 1.807) is 12.1 Å². The molecule has 0 spiro atoms. The number of carbonyl (C=O) groups excluding carboxylic acids is 1. The van der Waals surface area contributed by atoms with Gasteiger partial charge in [0.15, 0.2) is 0 Å². The topological polar surface area (TPSA) is 50.8 Å². The Morgan fingerprint density at radius 3 is 2.42 bits per heavy atom. The van der Waals surface area contributed by atoms with E-state index >= 15 is 0 Å². The van der Waals surface area contributed by atoms with Crippen molar-refractivity contribution in [2.75, 3.05) is 18.7 Å². The normalized spacial score (nSPS) is 10.4. The number of amides is 1. The first-order chi connectivity index (χ1) is 11.5. The Labute approximate surface area is 143 Å². The largest absolute Gasteiger partial charge is 0.495 e. The van der Waals surface area contributed by atoms with Crippen molar-refractivity contribution in [3.8, 4) is 16.9 Å². The lowest BCUT2D eigenvalue weighted by atomic mass is 10.0. The summed E-state index contributed by atoms with van der Waals surface area (Å²) >= 11 is 0. The fraction of sp³-hybridized carbons (Fsp3) is 0.316. The molecule has 0 fully saturated rings. The summed E-state index contributed by atoms with van der Waals surface area (Å²) in [4.78, 5) is 11.9. The highest BCUT2D eigenvalue weighted by Gasteiger charge is 2.16. The number of nitrogens with one attached hydrogen (secondary N) is 1. The van der Waals surface area contributed by atoms with Gasteiger partial charge < -0.3 is 9.47 Å². The van der Waals surface area contributed by atoms with Crippen LogP contribution in [0.2, 0.25) is 0 Å². The molecule has 2 aromatic rings. The van der Waals surface area contributed by atoms with Crippen LogP contribution >= 0.6 is 0 Å². The van der Waals surface area contributed by atoms with Crippen LogP contribution in [-0.2, 0) is 4.74 Å². The molecular formula is C19H24N2O3. The summed E-state index contributed by atoms with van der Waals surface area (Å²) in [5.74, 6) is 0.682. The van der Waals surface area contributed by atoms with Crippen LogP contribution in [-0.4, -0.2) is 25.9 Å². The summed E-state index contributed by atoms with van der Waals surface area (Å²) < 4.78 is 10.6. The van der Waals surface area contributed by atoms with Gasteiger partial charge in [0, 0.05) is 6.54 Å². The smallest absolute Gasteiger partial charge is 0.426 e. The number of hydrogen-bond donors (Lipinski definition) is 1. The molecule has 0 saturated carbocycles. The highest BCUT2D eigenvalue weighted by Crippen LogP contribution is 2.32. The predicted molar refractivity (Wildman–Crippen MR) is 96.2 cm³/mol. The number of methoxy groups -OCH3 is 1. The molecule has 0 radical (unpaired) electrons. The van der Waals surface area contributed by atoms with Crippen LogP contribution in [0.3, 0.4) is 0 Å². The monoisotopic (exact) mass is 328 g/mol. The molecule has 0 unspecified atom stereocenters. The Balaban J connectivity index is 2.33. The molecule has 0 aromatic heterocycles. The van der Waals surface area contributed by atoms with E-state index in [0.717, 1.165) is 16.8 Å². The van der Waals surface area contributed by atoms with Crippen LogP contribution in [0.5, 0.6) is 5.75 Å². The minimum absolute atomic E-state index is 0.179. The second-order valence-electron chi connectivity index (χ2n) is 5.56. The van der Waals surface area contributed by atoms with E-state index < -0.39 is 6.09 Å². The van der Waals surface area contributed by atoms with E-state index in [0.29, 0.717) is 12.3 Å². The van der Waals surface area contributed by atoms with Crippen molar-refractivity contribution >= 4 is 11.8 Å². The average molecular weight is 328 g/mol. The molecule has 5 nitrogen and oxygen atoms in total. The molecule has 5 heteroatoms. The number of hydrazine groups is 1. The van der Waals surface area contributed by atoms with Crippen molar-refractivity contribution < 1.29 is 14.3 Å². The number of rotatable bonds is 6. The van der Waals surface area contributed by atoms with Gasteiger partial charge in [0.05, 0.1) is 18.9 Å². The van der Waals surface area contributed by atoms with Crippen LogP contribution in [0.1, 0.15) is 20.8 Å². The molecule has 2 rings (SSSR count). The fourth-order valence-corrected chi connectivity index (χ4v) is 2.37. The molecule has 0 aliphatic heterocycles. The molecule has 0 saturated heterocycles. The van der Waals surface area contributed by atoms with Crippen molar-refractivity contribution in [3.63, 3.8) is 0 Å². The second-order valence-corrected chi connectivity index (χ2v) is 5.56. The number of hydrogen-bond acceptors (Lipinski definition) is 4. The molecular weight excluding hydrogens is 304 g/mol. The molecule has 128 valence electrons. The highest BCUT2D eigenvalue weighted by molar-refractivity contribution is 5.76. The van der Waals surface area contributed by atoms with Crippen molar-refractivity contribution in [3.05, 3.63) is 48.5 Å². The quantitative estimate of drug-likeness (QED) is 0.806. The Hall–Kier alpha value is -2.69. The maximum Gasteiger partial charge on any atom is 0.426 e. The third-order valence-electron chi connectivity index (χ3n) is 3.46. The maximum absolute atomic E-state index is 11.9. The van der Waals surface area contributed by atoms with Crippen LogP contribution < -0.4 is 15.2 Å². The molecule has 24 heavy (non-hydrogen) atoms. The zero-order valence-corrected chi connectivity index (χ0v) is 14.6. The summed E-state index contributed by atoms with van der Waals surface area (Å²) in [6, 6.07) is 16.0. The summed E-state index contributed by atoms with van der Waals surface area (Å²) in [6.07, 6.45) is -0.666. The predicted octanol–water partition coefficient (Wildman–Crippen LogP) is 4.24. The number of benzene rings is 2.